The molecule has 0 spiro atoms. The van der Waals surface area contributed by atoms with Crippen LogP contribution in [0.4, 0.5) is 0 Å². The lowest BCUT2D eigenvalue weighted by atomic mass is 10.1. The molecule has 0 heterocycles. The number of unbranched alkanes of at least 4 members (excludes halogenated alkanes) is 6. The quantitative estimate of drug-likeness (QED) is 0.0261. The fourth-order valence-corrected chi connectivity index (χ4v) is 6.86. The van der Waals surface area contributed by atoms with E-state index in [1.54, 1.807) is 0 Å². The monoisotopic (exact) mass is 1030 g/mol. The Hall–Kier alpha value is -5.75. The van der Waals surface area contributed by atoms with Crippen LogP contribution >= 0.6 is 0 Å². The summed E-state index contributed by atoms with van der Waals surface area (Å²) in [5, 5.41) is 0. The highest BCUT2D eigenvalue weighted by atomic mass is 16.6. The Morgan fingerprint density at radius 2 is 0.493 bits per heavy atom. The molecule has 0 aromatic heterocycles. The Morgan fingerprint density at radius 1 is 0.267 bits per heavy atom. The van der Waals surface area contributed by atoms with Gasteiger partial charge < -0.3 is 14.2 Å². The average Bonchev–Trinajstić information content (AvgIpc) is 3.41. The zero-order valence-electron chi connectivity index (χ0n) is 47.2. The minimum atomic E-state index is -0.850. The van der Waals surface area contributed by atoms with Crippen LogP contribution in [0.1, 0.15) is 201 Å². The smallest absolute Gasteiger partial charge is 0.306 e. The largest absolute Gasteiger partial charge is 0.462 e. The van der Waals surface area contributed by atoms with Gasteiger partial charge in [0.1, 0.15) is 13.2 Å². The zero-order valence-corrected chi connectivity index (χ0v) is 47.2. The third-order valence-corrected chi connectivity index (χ3v) is 11.1. The first kappa shape index (κ1) is 69.2. The topological polar surface area (TPSA) is 78.9 Å². The Morgan fingerprint density at radius 3 is 0.800 bits per heavy atom. The Labute approximate surface area is 458 Å². The molecule has 0 aliphatic rings. The van der Waals surface area contributed by atoms with E-state index in [-0.39, 0.29) is 50.4 Å². The maximum atomic E-state index is 12.9. The number of rotatable bonds is 49. The van der Waals surface area contributed by atoms with E-state index in [1.165, 1.54) is 0 Å². The molecule has 0 aromatic rings. The van der Waals surface area contributed by atoms with Gasteiger partial charge in [0.2, 0.25) is 0 Å². The summed E-state index contributed by atoms with van der Waals surface area (Å²) in [6.45, 7) is 6.15. The van der Waals surface area contributed by atoms with E-state index in [2.05, 4.69) is 215 Å². The first-order valence-electron chi connectivity index (χ1n) is 28.9. The van der Waals surface area contributed by atoms with Crippen molar-refractivity contribution in [1.82, 2.24) is 0 Å². The maximum absolute atomic E-state index is 12.9. The van der Waals surface area contributed by atoms with Crippen LogP contribution in [0.25, 0.3) is 0 Å². The molecular weight excluding hydrogens is 925 g/mol. The van der Waals surface area contributed by atoms with Crippen LogP contribution in [-0.4, -0.2) is 37.2 Å². The van der Waals surface area contributed by atoms with Gasteiger partial charge >= 0.3 is 17.9 Å². The standard InChI is InChI=1S/C69H102O6/c1-4-7-10-13-16-19-22-25-28-31-33-34-36-38-41-44-47-50-53-56-59-62-68(71)74-65-66(64-73-67(70)61-58-55-52-49-46-43-40-37-30-27-24-21-18-15-12-9-6-3)75-69(72)63-60-57-54-51-48-45-42-39-35-32-29-26-23-20-17-14-11-8-5-2/h7-12,16-21,25-30,33-35,38-41,43,45,47-50,52,66H,4-6,13-15,22-24,31-32,36-37,42,44,46,51,53-65H2,1-3H3/b10-7-,11-8-,12-9-,19-16-,20-17-,21-18-,28-25-,29-26-,30-27-,34-33-,39-35-,41-38-,43-40-,48-45-,50-47-,52-49-. The average molecular weight is 1030 g/mol. The Balaban J connectivity index is 4.67. The fraction of sp³-hybridized carbons (Fsp3) is 0.493. The molecule has 0 aromatic carbocycles. The molecule has 0 saturated carbocycles. The number of esters is 3. The van der Waals surface area contributed by atoms with E-state index in [0.717, 1.165) is 141 Å². The normalized spacial score (nSPS) is 13.6. The highest BCUT2D eigenvalue weighted by Gasteiger charge is 2.19. The van der Waals surface area contributed by atoms with Gasteiger partial charge in [-0.2, -0.15) is 0 Å². The molecule has 6 heteroatoms. The van der Waals surface area contributed by atoms with Gasteiger partial charge in [-0.15, -0.1) is 0 Å². The van der Waals surface area contributed by atoms with Crippen molar-refractivity contribution >= 4 is 17.9 Å². The molecule has 0 bridgehead atoms. The van der Waals surface area contributed by atoms with E-state index >= 15 is 0 Å². The molecule has 0 aliphatic carbocycles. The van der Waals surface area contributed by atoms with E-state index in [0.29, 0.717) is 19.3 Å². The predicted molar refractivity (Wildman–Crippen MR) is 324 cm³/mol. The third kappa shape index (κ3) is 59.0. The van der Waals surface area contributed by atoms with E-state index < -0.39 is 6.10 Å². The van der Waals surface area contributed by atoms with Crippen molar-refractivity contribution in [1.29, 1.82) is 0 Å². The molecule has 1 unspecified atom stereocenters. The fourth-order valence-electron chi connectivity index (χ4n) is 6.86. The molecule has 0 aliphatic heterocycles. The zero-order chi connectivity index (χ0) is 54.3. The van der Waals surface area contributed by atoms with E-state index in [1.807, 2.05) is 0 Å². The number of ether oxygens (including phenoxy) is 3. The molecule has 0 amide bonds. The van der Waals surface area contributed by atoms with Crippen molar-refractivity contribution in [2.45, 2.75) is 207 Å². The number of carbonyl (C=O) groups excluding carboxylic acids is 3. The summed E-state index contributed by atoms with van der Waals surface area (Å²) in [6.07, 6.45) is 92.8. The Kier molecular flexibility index (Phi) is 56.1. The van der Waals surface area contributed by atoms with Crippen molar-refractivity contribution in [2.75, 3.05) is 13.2 Å². The van der Waals surface area contributed by atoms with Crippen LogP contribution in [0.5, 0.6) is 0 Å². The Bertz CT molecular complexity index is 1850. The van der Waals surface area contributed by atoms with Gasteiger partial charge in [-0.3, -0.25) is 14.4 Å². The molecule has 414 valence electrons. The van der Waals surface area contributed by atoms with Crippen molar-refractivity contribution in [3.8, 4) is 0 Å². The molecule has 0 N–H and O–H groups in total. The van der Waals surface area contributed by atoms with Crippen molar-refractivity contribution < 1.29 is 28.6 Å². The summed E-state index contributed by atoms with van der Waals surface area (Å²) < 4.78 is 16.8. The van der Waals surface area contributed by atoms with Crippen LogP contribution in [-0.2, 0) is 28.6 Å². The number of hydrogen-bond acceptors (Lipinski definition) is 6. The summed E-state index contributed by atoms with van der Waals surface area (Å²) in [6, 6.07) is 0. The summed E-state index contributed by atoms with van der Waals surface area (Å²) in [5.41, 5.74) is 0. The van der Waals surface area contributed by atoms with Gasteiger partial charge in [-0.1, -0.05) is 222 Å². The van der Waals surface area contributed by atoms with Crippen LogP contribution in [0, 0.1) is 0 Å². The second-order valence-corrected chi connectivity index (χ2v) is 18.0. The molecule has 75 heavy (non-hydrogen) atoms. The van der Waals surface area contributed by atoms with Gasteiger partial charge in [0.25, 0.3) is 0 Å². The summed E-state index contributed by atoms with van der Waals surface area (Å²) in [7, 11) is 0. The van der Waals surface area contributed by atoms with Gasteiger partial charge in [0, 0.05) is 19.3 Å². The highest BCUT2D eigenvalue weighted by Crippen LogP contribution is 2.10. The summed E-state index contributed by atoms with van der Waals surface area (Å²) in [4.78, 5) is 38.2. The van der Waals surface area contributed by atoms with Gasteiger partial charge in [0.05, 0.1) is 0 Å². The predicted octanol–water partition coefficient (Wildman–Crippen LogP) is 19.9. The van der Waals surface area contributed by atoms with Crippen LogP contribution in [0.3, 0.4) is 0 Å². The molecule has 6 nitrogen and oxygen atoms in total. The molecule has 0 radical (unpaired) electrons. The van der Waals surface area contributed by atoms with Gasteiger partial charge in [-0.25, -0.2) is 0 Å². The van der Waals surface area contributed by atoms with Crippen LogP contribution < -0.4 is 0 Å². The second kappa shape index (κ2) is 60.8. The lowest BCUT2D eigenvalue weighted by molar-refractivity contribution is -0.167. The minimum absolute atomic E-state index is 0.144. The van der Waals surface area contributed by atoms with Gasteiger partial charge in [-0.05, 0) is 154 Å². The third-order valence-electron chi connectivity index (χ3n) is 11.1. The summed E-state index contributed by atoms with van der Waals surface area (Å²) in [5.74, 6) is -1.09. The van der Waals surface area contributed by atoms with Crippen molar-refractivity contribution in [3.05, 3.63) is 194 Å². The number of hydrogen-bond donors (Lipinski definition) is 0. The lowest BCUT2D eigenvalue weighted by Crippen LogP contribution is -2.30. The number of carbonyl (C=O) groups is 3. The van der Waals surface area contributed by atoms with Crippen LogP contribution in [0.2, 0.25) is 0 Å². The highest BCUT2D eigenvalue weighted by molar-refractivity contribution is 5.71. The van der Waals surface area contributed by atoms with Crippen molar-refractivity contribution in [2.24, 2.45) is 0 Å². The SMILES string of the molecule is CC/C=C\C/C=C\C/C=C\C/C=C\C/C=C\C/C=C\CCCCC(=O)OCC(COC(=O)CCC/C=C\C/C=C\C/C=C\C/C=C\C/C=C\CC)OC(=O)CCCCC/C=C\C/C=C\C/C=C\C/C=C\C/C=C\CC. The maximum Gasteiger partial charge on any atom is 0.306 e. The van der Waals surface area contributed by atoms with Gasteiger partial charge in [0.15, 0.2) is 6.10 Å². The van der Waals surface area contributed by atoms with E-state index in [4.69, 9.17) is 14.2 Å². The molecular formula is C69H102O6. The first-order chi connectivity index (χ1) is 37.0. The molecule has 0 rings (SSSR count). The van der Waals surface area contributed by atoms with Crippen LogP contribution in [0.15, 0.2) is 194 Å². The second-order valence-electron chi connectivity index (χ2n) is 18.0. The summed E-state index contributed by atoms with van der Waals surface area (Å²) >= 11 is 0. The minimum Gasteiger partial charge on any atom is -0.462 e. The molecule has 1 atom stereocenters. The van der Waals surface area contributed by atoms with Crippen molar-refractivity contribution in [3.63, 3.8) is 0 Å². The number of allylic oxidation sites excluding steroid dienone is 32. The molecule has 0 saturated heterocycles. The first-order valence-corrected chi connectivity index (χ1v) is 28.9. The lowest BCUT2D eigenvalue weighted by Gasteiger charge is -2.18. The molecule has 0 fully saturated rings. The van der Waals surface area contributed by atoms with E-state index in [9.17, 15) is 14.4 Å².